The van der Waals surface area contributed by atoms with Gasteiger partial charge in [-0.1, -0.05) is 115 Å². The van der Waals surface area contributed by atoms with E-state index < -0.39 is 5.72 Å². The number of likely N-dealkylation sites (N-methyl/N-ethyl adjacent to an activating group) is 1. The lowest BCUT2D eigenvalue weighted by atomic mass is 9.71. The Balaban J connectivity index is 1.30. The highest BCUT2D eigenvalue weighted by Gasteiger charge is 2.59. The summed E-state index contributed by atoms with van der Waals surface area (Å²) in [6.07, 6.45) is 24.1. The van der Waals surface area contributed by atoms with Gasteiger partial charge in [0.05, 0.1) is 10.3 Å². The molecular formula is C34H48N2O3. The zero-order chi connectivity index (χ0) is 27.7. The van der Waals surface area contributed by atoms with Crippen molar-refractivity contribution in [2.24, 2.45) is 0 Å². The van der Waals surface area contributed by atoms with Crippen LogP contribution in [-0.2, 0) is 5.41 Å². The molecule has 2 aromatic rings. The number of benzene rings is 2. The lowest BCUT2D eigenvalue weighted by Crippen LogP contribution is -2.59. The molecule has 0 bridgehead atoms. The number of fused-ring (bicyclic) bond motifs is 2. The predicted octanol–water partition coefficient (Wildman–Crippen LogP) is 9.98. The highest BCUT2D eigenvalue weighted by atomic mass is 16.6. The van der Waals surface area contributed by atoms with Gasteiger partial charge in [0.15, 0.2) is 0 Å². The van der Waals surface area contributed by atoms with Crippen LogP contribution in [0, 0.1) is 10.1 Å². The van der Waals surface area contributed by atoms with Crippen molar-refractivity contribution in [3.05, 3.63) is 69.8 Å². The molecule has 39 heavy (non-hydrogen) atoms. The molecule has 2 aliphatic rings. The molecule has 0 radical (unpaired) electrons. The summed E-state index contributed by atoms with van der Waals surface area (Å²) in [5.74, 6) is 0.704. The Kier molecular flexibility index (Phi) is 10.1. The minimum absolute atomic E-state index is 0.0891. The van der Waals surface area contributed by atoms with Gasteiger partial charge in [0.2, 0.25) is 5.72 Å². The summed E-state index contributed by atoms with van der Waals surface area (Å²) < 4.78 is 6.81. The number of nitrogens with zero attached hydrogens (tertiary/aromatic N) is 2. The van der Waals surface area contributed by atoms with Crippen molar-refractivity contribution in [2.75, 3.05) is 11.9 Å². The fraction of sp³-hybridized carbons (Fsp3) is 0.588. The first-order valence-corrected chi connectivity index (χ1v) is 15.4. The molecule has 5 heteroatoms. The highest BCUT2D eigenvalue weighted by Crippen LogP contribution is 2.56. The van der Waals surface area contributed by atoms with E-state index in [1.54, 1.807) is 18.2 Å². The third-order valence-corrected chi connectivity index (χ3v) is 9.14. The van der Waals surface area contributed by atoms with Crippen LogP contribution >= 0.6 is 0 Å². The van der Waals surface area contributed by atoms with E-state index in [4.69, 9.17) is 4.74 Å². The second-order valence-corrected chi connectivity index (χ2v) is 11.9. The van der Waals surface area contributed by atoms with Crippen LogP contribution in [0.15, 0.2) is 48.5 Å². The van der Waals surface area contributed by atoms with Crippen LogP contribution in [0.1, 0.15) is 121 Å². The maximum Gasteiger partial charge on any atom is 0.270 e. The van der Waals surface area contributed by atoms with Crippen LogP contribution in [-0.4, -0.2) is 17.7 Å². The lowest BCUT2D eigenvalue weighted by Gasteiger charge is -2.47. The van der Waals surface area contributed by atoms with Gasteiger partial charge in [-0.3, -0.25) is 10.1 Å². The van der Waals surface area contributed by atoms with Crippen molar-refractivity contribution in [3.63, 3.8) is 0 Å². The van der Waals surface area contributed by atoms with Gasteiger partial charge in [0.25, 0.3) is 5.69 Å². The van der Waals surface area contributed by atoms with Crippen LogP contribution in [0.2, 0.25) is 0 Å². The summed E-state index contributed by atoms with van der Waals surface area (Å²) in [6, 6.07) is 13.5. The van der Waals surface area contributed by atoms with Gasteiger partial charge in [0, 0.05) is 30.4 Å². The van der Waals surface area contributed by atoms with E-state index in [0.29, 0.717) is 5.75 Å². The summed E-state index contributed by atoms with van der Waals surface area (Å²) in [4.78, 5) is 13.2. The minimum Gasteiger partial charge on any atom is -0.463 e. The summed E-state index contributed by atoms with van der Waals surface area (Å²) in [5.41, 5.74) is 2.48. The summed E-state index contributed by atoms with van der Waals surface area (Å²) in [5, 5.41) is 11.3. The number of anilines is 1. The molecule has 0 unspecified atom stereocenters. The second-order valence-electron chi connectivity index (χ2n) is 11.9. The van der Waals surface area contributed by atoms with Crippen molar-refractivity contribution in [1.82, 2.24) is 0 Å². The Morgan fingerprint density at radius 3 is 2.05 bits per heavy atom. The third-order valence-electron chi connectivity index (χ3n) is 9.14. The first-order chi connectivity index (χ1) is 18.9. The van der Waals surface area contributed by atoms with Crippen LogP contribution in [0.5, 0.6) is 5.75 Å². The molecule has 0 aromatic heterocycles. The van der Waals surface area contributed by atoms with Gasteiger partial charge in [-0.05, 0) is 43.2 Å². The predicted molar refractivity (Wildman–Crippen MR) is 163 cm³/mol. The first-order valence-electron chi connectivity index (χ1n) is 15.4. The number of unbranched alkanes of at least 4 members (excludes halogenated alkanes) is 13. The van der Waals surface area contributed by atoms with E-state index in [0.717, 1.165) is 18.4 Å². The number of nitro groups is 1. The van der Waals surface area contributed by atoms with Crippen LogP contribution in [0.25, 0.3) is 6.08 Å². The zero-order valence-electron chi connectivity index (χ0n) is 24.4. The quantitative estimate of drug-likeness (QED) is 0.123. The third kappa shape index (κ3) is 6.34. The van der Waals surface area contributed by atoms with Crippen molar-refractivity contribution in [1.29, 1.82) is 0 Å². The average molecular weight is 533 g/mol. The van der Waals surface area contributed by atoms with Gasteiger partial charge in [-0.25, -0.2) is 0 Å². The van der Waals surface area contributed by atoms with Crippen molar-refractivity contribution >= 4 is 17.5 Å². The first kappa shape index (κ1) is 29.2. The Morgan fingerprint density at radius 1 is 0.846 bits per heavy atom. The largest absolute Gasteiger partial charge is 0.463 e. The molecule has 0 N–H and O–H groups in total. The number of rotatable bonds is 16. The van der Waals surface area contributed by atoms with Crippen LogP contribution < -0.4 is 9.64 Å². The van der Waals surface area contributed by atoms with Crippen molar-refractivity contribution in [3.8, 4) is 5.75 Å². The topological polar surface area (TPSA) is 55.6 Å². The number of hydrogen-bond donors (Lipinski definition) is 0. The van der Waals surface area contributed by atoms with Gasteiger partial charge < -0.3 is 9.64 Å². The van der Waals surface area contributed by atoms with E-state index in [-0.39, 0.29) is 16.0 Å². The molecule has 2 aromatic carbocycles. The maximum absolute atomic E-state index is 11.3. The number of non-ortho nitro benzene ring substituents is 1. The fourth-order valence-electron chi connectivity index (χ4n) is 6.72. The highest BCUT2D eigenvalue weighted by molar-refractivity contribution is 5.73. The number of hydrogen-bond acceptors (Lipinski definition) is 4. The fourth-order valence-corrected chi connectivity index (χ4v) is 6.72. The molecule has 4 rings (SSSR count). The summed E-state index contributed by atoms with van der Waals surface area (Å²) in [7, 11) is 2.11. The number of nitro benzene ring substituents is 1. The Hall–Kier alpha value is -2.82. The van der Waals surface area contributed by atoms with Crippen molar-refractivity contribution in [2.45, 2.75) is 121 Å². The smallest absolute Gasteiger partial charge is 0.270 e. The molecule has 2 heterocycles. The molecule has 0 amide bonds. The van der Waals surface area contributed by atoms with Gasteiger partial charge in [-0.15, -0.1) is 0 Å². The molecule has 2 atom stereocenters. The van der Waals surface area contributed by atoms with E-state index in [1.807, 2.05) is 6.08 Å². The standard InChI is InChI=1S/C34H48N2O3/c1-4-5-6-7-8-9-10-11-12-13-14-15-16-19-25-33(2)30-20-17-18-21-31(30)35(3)34(33)26-24-28-27-29(36(37)38)22-23-32(28)39-34/h17-18,20-24,26-27H,4-16,19,25H2,1-3H3/t33-,34+/m0/s1. The zero-order valence-corrected chi connectivity index (χ0v) is 24.4. The molecule has 212 valence electrons. The lowest BCUT2D eigenvalue weighted by molar-refractivity contribution is -0.384. The van der Waals surface area contributed by atoms with E-state index in [2.05, 4.69) is 56.1 Å². The van der Waals surface area contributed by atoms with Crippen molar-refractivity contribution < 1.29 is 9.66 Å². The molecule has 0 saturated heterocycles. The molecule has 0 fully saturated rings. The molecule has 0 aliphatic carbocycles. The maximum atomic E-state index is 11.3. The van der Waals surface area contributed by atoms with E-state index in [1.165, 1.54) is 94.7 Å². The Bertz CT molecular complexity index is 1130. The Labute approximate surface area is 235 Å². The van der Waals surface area contributed by atoms with Gasteiger partial charge >= 0.3 is 0 Å². The summed E-state index contributed by atoms with van der Waals surface area (Å²) >= 11 is 0. The number of ether oxygens (including phenoxy) is 1. The number of para-hydroxylation sites is 1. The molecular weight excluding hydrogens is 484 g/mol. The molecule has 0 saturated carbocycles. The van der Waals surface area contributed by atoms with Crippen LogP contribution in [0.3, 0.4) is 0 Å². The average Bonchev–Trinajstić information content (AvgIpc) is 3.12. The second kappa shape index (κ2) is 13.5. The SMILES string of the molecule is CCCCCCCCCCCCCCCC[C@@]1(C)c2ccccc2N(C)[C@@]12C=Cc1cc([N+](=O)[O-])ccc1O2. The molecule has 5 nitrogen and oxygen atoms in total. The summed E-state index contributed by atoms with van der Waals surface area (Å²) in [6.45, 7) is 4.61. The normalized spacial score (nSPS) is 21.2. The molecule has 1 spiro atoms. The van der Waals surface area contributed by atoms with Gasteiger partial charge in [-0.2, -0.15) is 0 Å². The van der Waals surface area contributed by atoms with E-state index in [9.17, 15) is 10.1 Å². The van der Waals surface area contributed by atoms with Crippen LogP contribution in [0.4, 0.5) is 11.4 Å². The van der Waals surface area contributed by atoms with E-state index >= 15 is 0 Å². The monoisotopic (exact) mass is 532 g/mol. The molecule has 2 aliphatic heterocycles. The Morgan fingerprint density at radius 2 is 1.44 bits per heavy atom. The minimum atomic E-state index is -0.656. The van der Waals surface area contributed by atoms with Gasteiger partial charge in [0.1, 0.15) is 5.75 Å².